The zero-order valence-electron chi connectivity index (χ0n) is 12.2. The van der Waals surface area contributed by atoms with Crippen LogP contribution in [0.5, 0.6) is 0 Å². The van der Waals surface area contributed by atoms with E-state index in [1.165, 1.54) is 0 Å². The molecule has 0 spiro atoms. The van der Waals surface area contributed by atoms with Crippen molar-refractivity contribution in [3.63, 3.8) is 0 Å². The summed E-state index contributed by atoms with van der Waals surface area (Å²) >= 11 is 0. The van der Waals surface area contributed by atoms with Crippen LogP contribution >= 0.6 is 0 Å². The van der Waals surface area contributed by atoms with Gasteiger partial charge in [0.1, 0.15) is 0 Å². The van der Waals surface area contributed by atoms with Crippen LogP contribution in [0.25, 0.3) is 0 Å². The van der Waals surface area contributed by atoms with E-state index in [0.29, 0.717) is 19.5 Å². The Morgan fingerprint density at radius 3 is 2.57 bits per heavy atom. The number of piperazine rings is 1. The summed E-state index contributed by atoms with van der Waals surface area (Å²) in [6.45, 7) is 4.53. The van der Waals surface area contributed by atoms with Crippen molar-refractivity contribution >= 4 is 28.9 Å². The van der Waals surface area contributed by atoms with Crippen molar-refractivity contribution in [2.24, 2.45) is 0 Å². The van der Waals surface area contributed by atoms with Crippen LogP contribution in [0.15, 0.2) is 12.1 Å². The molecule has 0 atom stereocenters. The number of anilines is 3. The minimum atomic E-state index is 0.0552. The topological polar surface area (TPSA) is 78.7 Å². The fourth-order valence-electron chi connectivity index (χ4n) is 2.97. The molecule has 112 valence electrons. The Morgan fingerprint density at radius 2 is 1.90 bits per heavy atom. The molecule has 3 N–H and O–H groups in total. The Hall–Kier alpha value is -2.24. The first-order valence-corrected chi connectivity index (χ1v) is 7.27. The first-order valence-electron chi connectivity index (χ1n) is 7.27. The van der Waals surface area contributed by atoms with E-state index in [0.717, 1.165) is 42.1 Å². The van der Waals surface area contributed by atoms with E-state index in [-0.39, 0.29) is 11.8 Å². The van der Waals surface area contributed by atoms with Gasteiger partial charge < -0.3 is 20.9 Å². The maximum atomic E-state index is 11.5. The number of rotatable bonds is 1. The molecule has 3 rings (SSSR count). The minimum Gasteiger partial charge on any atom is -0.397 e. The number of fused-ring (bicyclic) bond motifs is 1. The highest BCUT2D eigenvalue weighted by atomic mass is 16.2. The summed E-state index contributed by atoms with van der Waals surface area (Å²) in [5, 5.41) is 2.91. The summed E-state index contributed by atoms with van der Waals surface area (Å²) in [6.07, 6.45) is 1.26. The number of carbonyl (C=O) groups excluding carboxylic acids is 2. The molecule has 2 aliphatic rings. The van der Waals surface area contributed by atoms with Gasteiger partial charge >= 0.3 is 0 Å². The number of nitrogen functional groups attached to an aromatic ring is 1. The number of nitrogens with one attached hydrogen (secondary N) is 1. The fourth-order valence-corrected chi connectivity index (χ4v) is 2.97. The van der Waals surface area contributed by atoms with Crippen LogP contribution in [-0.2, 0) is 16.0 Å². The number of carbonyl (C=O) groups is 2. The molecular weight excluding hydrogens is 268 g/mol. The second-order valence-corrected chi connectivity index (χ2v) is 5.61. The average molecular weight is 288 g/mol. The highest BCUT2D eigenvalue weighted by Crippen LogP contribution is 2.33. The lowest BCUT2D eigenvalue weighted by molar-refractivity contribution is -0.129. The minimum absolute atomic E-state index is 0.0552. The lowest BCUT2D eigenvalue weighted by Crippen LogP contribution is -2.48. The Balaban J connectivity index is 1.81. The third-order valence-corrected chi connectivity index (χ3v) is 4.21. The van der Waals surface area contributed by atoms with Crippen LogP contribution in [0.3, 0.4) is 0 Å². The smallest absolute Gasteiger partial charge is 0.224 e. The zero-order chi connectivity index (χ0) is 15.0. The van der Waals surface area contributed by atoms with Gasteiger partial charge in [-0.2, -0.15) is 0 Å². The normalized spacial score (nSPS) is 18.2. The summed E-state index contributed by atoms with van der Waals surface area (Å²) in [5.41, 5.74) is 9.81. The number of hydrogen-bond donors (Lipinski definition) is 2. The predicted octanol–water partition coefficient (Wildman–Crippen LogP) is 0.822. The van der Waals surface area contributed by atoms with E-state index >= 15 is 0 Å². The van der Waals surface area contributed by atoms with Gasteiger partial charge in [0.25, 0.3) is 0 Å². The van der Waals surface area contributed by atoms with E-state index < -0.39 is 0 Å². The summed E-state index contributed by atoms with van der Waals surface area (Å²) in [4.78, 5) is 26.9. The van der Waals surface area contributed by atoms with Crippen LogP contribution in [0.1, 0.15) is 18.9 Å². The Morgan fingerprint density at radius 1 is 1.19 bits per heavy atom. The molecule has 1 aromatic carbocycles. The first-order chi connectivity index (χ1) is 10.0. The van der Waals surface area contributed by atoms with Gasteiger partial charge in [-0.1, -0.05) is 0 Å². The predicted molar refractivity (Wildman–Crippen MR) is 82.3 cm³/mol. The third-order valence-electron chi connectivity index (χ3n) is 4.21. The van der Waals surface area contributed by atoms with E-state index in [9.17, 15) is 9.59 Å². The Labute approximate surface area is 123 Å². The van der Waals surface area contributed by atoms with Crippen LogP contribution in [-0.4, -0.2) is 42.9 Å². The van der Waals surface area contributed by atoms with Crippen LogP contribution in [0.4, 0.5) is 17.1 Å². The molecule has 1 fully saturated rings. The summed E-state index contributed by atoms with van der Waals surface area (Å²) in [5.74, 6) is 0.167. The fraction of sp³-hybridized carbons (Fsp3) is 0.467. The number of nitrogens with two attached hydrogens (primary N) is 1. The van der Waals surface area contributed by atoms with Crippen molar-refractivity contribution in [3.8, 4) is 0 Å². The number of aryl methyl sites for hydroxylation is 1. The van der Waals surface area contributed by atoms with Gasteiger partial charge in [0.05, 0.1) is 11.4 Å². The van der Waals surface area contributed by atoms with E-state index in [1.54, 1.807) is 6.92 Å². The van der Waals surface area contributed by atoms with Gasteiger partial charge in [-0.05, 0) is 24.1 Å². The van der Waals surface area contributed by atoms with Crippen molar-refractivity contribution in [1.82, 2.24) is 4.90 Å². The highest BCUT2D eigenvalue weighted by Gasteiger charge is 2.23. The second-order valence-electron chi connectivity index (χ2n) is 5.61. The maximum absolute atomic E-state index is 11.5. The molecule has 0 aromatic heterocycles. The standard InChI is InChI=1S/C15H20N4O2/c1-10(20)18-4-6-19(7-5-18)14-9-13-11(8-12(14)16)2-3-15(21)17-13/h8-9H,2-7,16H2,1H3,(H,17,21). The number of nitrogens with zero attached hydrogens (tertiary/aromatic N) is 2. The van der Waals surface area contributed by atoms with Gasteiger partial charge in [0.2, 0.25) is 11.8 Å². The van der Waals surface area contributed by atoms with Gasteiger partial charge in [-0.25, -0.2) is 0 Å². The molecule has 2 amide bonds. The lowest BCUT2D eigenvalue weighted by Gasteiger charge is -2.36. The van der Waals surface area contributed by atoms with E-state index in [4.69, 9.17) is 5.73 Å². The molecule has 1 saturated heterocycles. The Bertz CT molecular complexity index is 592. The van der Waals surface area contributed by atoms with E-state index in [1.807, 2.05) is 17.0 Å². The van der Waals surface area contributed by atoms with Crippen LogP contribution < -0.4 is 16.0 Å². The van der Waals surface area contributed by atoms with Gasteiger partial charge in [-0.15, -0.1) is 0 Å². The molecule has 0 bridgehead atoms. The SMILES string of the molecule is CC(=O)N1CCN(c2cc3c(cc2N)CCC(=O)N3)CC1. The Kier molecular flexibility index (Phi) is 3.45. The van der Waals surface area contributed by atoms with Crippen molar-refractivity contribution in [3.05, 3.63) is 17.7 Å². The third kappa shape index (κ3) is 2.66. The largest absolute Gasteiger partial charge is 0.397 e. The van der Waals surface area contributed by atoms with Gasteiger partial charge in [0, 0.05) is 45.2 Å². The van der Waals surface area contributed by atoms with Crippen LogP contribution in [0, 0.1) is 0 Å². The molecule has 21 heavy (non-hydrogen) atoms. The molecule has 2 heterocycles. The molecule has 0 unspecified atom stereocenters. The summed E-state index contributed by atoms with van der Waals surface area (Å²) in [7, 11) is 0. The second kappa shape index (κ2) is 5.27. The lowest BCUT2D eigenvalue weighted by atomic mass is 10.0. The average Bonchev–Trinajstić information content (AvgIpc) is 2.47. The quantitative estimate of drug-likeness (QED) is 0.750. The molecule has 1 aromatic rings. The van der Waals surface area contributed by atoms with Gasteiger partial charge in [0.15, 0.2) is 0 Å². The molecule has 2 aliphatic heterocycles. The maximum Gasteiger partial charge on any atom is 0.224 e. The number of hydrogen-bond acceptors (Lipinski definition) is 4. The molecule has 6 nitrogen and oxygen atoms in total. The first kappa shape index (κ1) is 13.7. The van der Waals surface area contributed by atoms with Gasteiger partial charge in [-0.3, -0.25) is 9.59 Å². The van der Waals surface area contributed by atoms with Crippen molar-refractivity contribution in [2.45, 2.75) is 19.8 Å². The van der Waals surface area contributed by atoms with Crippen LogP contribution in [0.2, 0.25) is 0 Å². The summed E-state index contributed by atoms with van der Waals surface area (Å²) in [6, 6.07) is 3.92. The monoisotopic (exact) mass is 288 g/mol. The molecule has 6 heteroatoms. The highest BCUT2D eigenvalue weighted by molar-refractivity contribution is 5.95. The molecule has 0 saturated carbocycles. The van der Waals surface area contributed by atoms with E-state index in [2.05, 4.69) is 10.2 Å². The molecule has 0 radical (unpaired) electrons. The number of benzene rings is 1. The van der Waals surface area contributed by atoms with Crippen molar-refractivity contribution < 1.29 is 9.59 Å². The van der Waals surface area contributed by atoms with Crippen molar-refractivity contribution in [1.29, 1.82) is 0 Å². The summed E-state index contributed by atoms with van der Waals surface area (Å²) < 4.78 is 0. The molecule has 0 aliphatic carbocycles. The molecular formula is C15H20N4O2. The number of amides is 2. The van der Waals surface area contributed by atoms with Crippen molar-refractivity contribution in [2.75, 3.05) is 42.1 Å². The zero-order valence-corrected chi connectivity index (χ0v) is 12.2.